The first kappa shape index (κ1) is 24.0. The number of fused-ring (bicyclic) bond motifs is 1. The number of nitriles is 1. The lowest BCUT2D eigenvalue weighted by Crippen LogP contribution is -2.19. The molecule has 0 aliphatic carbocycles. The number of aromatic nitrogens is 2. The number of nitrogens with zero attached hydrogens (tertiary/aromatic N) is 3. The topological polar surface area (TPSA) is 122 Å². The molecule has 0 fully saturated rings. The van der Waals surface area contributed by atoms with Crippen LogP contribution in [0.15, 0.2) is 52.4 Å². The van der Waals surface area contributed by atoms with E-state index in [2.05, 4.69) is 27.0 Å². The molecule has 1 atom stereocenters. The van der Waals surface area contributed by atoms with Gasteiger partial charge in [0.15, 0.2) is 5.16 Å². The van der Waals surface area contributed by atoms with Crippen molar-refractivity contribution in [3.05, 3.63) is 52.8 Å². The molecule has 0 aliphatic rings. The molecule has 0 saturated carbocycles. The molecule has 32 heavy (non-hydrogen) atoms. The highest BCUT2D eigenvalue weighted by molar-refractivity contribution is 9.10. The average Bonchev–Trinajstić information content (AvgIpc) is 3.16. The molecule has 1 unspecified atom stereocenters. The largest absolute Gasteiger partial charge is 0.481 e. The summed E-state index contributed by atoms with van der Waals surface area (Å²) in [6.45, 7) is 0.512. The smallest absolute Gasteiger partial charge is 0.306 e. The highest BCUT2D eigenvalue weighted by Gasteiger charge is 2.22. The van der Waals surface area contributed by atoms with Gasteiger partial charge in [0, 0.05) is 17.2 Å². The lowest BCUT2D eigenvalue weighted by Gasteiger charge is -2.14. The van der Waals surface area contributed by atoms with Crippen LogP contribution in [0.5, 0.6) is 0 Å². The maximum absolute atomic E-state index is 12.5. The molecule has 3 rings (SSSR count). The summed E-state index contributed by atoms with van der Waals surface area (Å²) in [5, 5.41) is 21.2. The fourth-order valence-corrected chi connectivity index (χ4v) is 4.98. The maximum atomic E-state index is 12.5. The second-order valence-electron chi connectivity index (χ2n) is 7.34. The van der Waals surface area contributed by atoms with Gasteiger partial charge in [-0.2, -0.15) is 5.26 Å². The SMILES string of the molecule is N#Cc1ccc(-n2c(Br)cnc2SCC(=O)CC(CCCCN)C(=O)O)c2ccccc12. The first-order valence-corrected chi connectivity index (χ1v) is 12.0. The number of carbonyl (C=O) groups is 2. The Morgan fingerprint density at radius 2 is 1.97 bits per heavy atom. The van der Waals surface area contributed by atoms with Gasteiger partial charge >= 0.3 is 5.97 Å². The second kappa shape index (κ2) is 11.3. The molecule has 3 aromatic rings. The van der Waals surface area contributed by atoms with E-state index in [1.54, 1.807) is 12.3 Å². The lowest BCUT2D eigenvalue weighted by atomic mass is 9.97. The minimum atomic E-state index is -0.950. The lowest BCUT2D eigenvalue weighted by molar-refractivity contribution is -0.143. The Kier molecular flexibility index (Phi) is 8.45. The van der Waals surface area contributed by atoms with Gasteiger partial charge in [0.25, 0.3) is 0 Å². The van der Waals surface area contributed by atoms with Crippen molar-refractivity contribution in [2.24, 2.45) is 11.7 Å². The van der Waals surface area contributed by atoms with Crippen LogP contribution in [0, 0.1) is 17.2 Å². The summed E-state index contributed by atoms with van der Waals surface area (Å²) in [4.78, 5) is 28.4. The zero-order chi connectivity index (χ0) is 23.1. The van der Waals surface area contributed by atoms with Gasteiger partial charge in [-0.3, -0.25) is 14.2 Å². The van der Waals surface area contributed by atoms with Crippen molar-refractivity contribution in [3.63, 3.8) is 0 Å². The van der Waals surface area contributed by atoms with Gasteiger partial charge in [0.2, 0.25) is 0 Å². The molecular formula is C23H23BrN4O3S. The molecule has 7 nitrogen and oxygen atoms in total. The Hall–Kier alpha value is -2.67. The molecule has 1 heterocycles. The van der Waals surface area contributed by atoms with Crippen LogP contribution in [0.2, 0.25) is 0 Å². The van der Waals surface area contributed by atoms with Gasteiger partial charge in [-0.25, -0.2) is 4.98 Å². The van der Waals surface area contributed by atoms with Gasteiger partial charge in [0.05, 0.1) is 35.2 Å². The summed E-state index contributed by atoms with van der Waals surface area (Å²) in [7, 11) is 0. The number of hydrogen-bond donors (Lipinski definition) is 2. The zero-order valence-corrected chi connectivity index (χ0v) is 19.7. The number of carbonyl (C=O) groups excluding carboxylic acids is 1. The van der Waals surface area contributed by atoms with Crippen LogP contribution in [-0.4, -0.2) is 38.7 Å². The molecule has 3 N–H and O–H groups in total. The molecule has 0 aliphatic heterocycles. The van der Waals surface area contributed by atoms with E-state index in [-0.39, 0.29) is 18.0 Å². The van der Waals surface area contributed by atoms with E-state index >= 15 is 0 Å². The number of halogens is 1. The number of benzene rings is 2. The molecule has 0 radical (unpaired) electrons. The van der Waals surface area contributed by atoms with Crippen LogP contribution in [0.3, 0.4) is 0 Å². The van der Waals surface area contributed by atoms with Crippen molar-refractivity contribution in [2.45, 2.75) is 30.8 Å². The van der Waals surface area contributed by atoms with E-state index in [4.69, 9.17) is 5.73 Å². The predicted molar refractivity (Wildman–Crippen MR) is 128 cm³/mol. The van der Waals surface area contributed by atoms with Crippen molar-refractivity contribution in [1.82, 2.24) is 9.55 Å². The van der Waals surface area contributed by atoms with Crippen LogP contribution < -0.4 is 5.73 Å². The first-order chi connectivity index (χ1) is 15.5. The Morgan fingerprint density at radius 3 is 2.66 bits per heavy atom. The monoisotopic (exact) mass is 514 g/mol. The second-order valence-corrected chi connectivity index (χ2v) is 9.09. The van der Waals surface area contributed by atoms with E-state index in [0.29, 0.717) is 34.7 Å². The van der Waals surface area contributed by atoms with Crippen molar-refractivity contribution in [2.75, 3.05) is 12.3 Å². The predicted octanol–water partition coefficient (Wildman–Crippen LogP) is 4.54. The third-order valence-corrected chi connectivity index (χ3v) is 6.71. The molecule has 1 aromatic heterocycles. The number of thioether (sulfide) groups is 1. The average molecular weight is 515 g/mol. The van der Waals surface area contributed by atoms with E-state index in [0.717, 1.165) is 22.9 Å². The number of carboxylic acids is 1. The van der Waals surface area contributed by atoms with Gasteiger partial charge in [-0.15, -0.1) is 0 Å². The van der Waals surface area contributed by atoms with Crippen LogP contribution in [0.4, 0.5) is 0 Å². The summed E-state index contributed by atoms with van der Waals surface area (Å²) in [5.74, 6) is -1.65. The van der Waals surface area contributed by atoms with Gasteiger partial charge in [-0.1, -0.05) is 42.4 Å². The summed E-state index contributed by atoms with van der Waals surface area (Å²) < 4.78 is 2.60. The van der Waals surface area contributed by atoms with Crippen LogP contribution in [-0.2, 0) is 9.59 Å². The minimum Gasteiger partial charge on any atom is -0.481 e. The van der Waals surface area contributed by atoms with Crippen molar-refractivity contribution in [1.29, 1.82) is 5.26 Å². The van der Waals surface area contributed by atoms with E-state index in [1.807, 2.05) is 34.9 Å². The number of aliphatic carboxylic acids is 1. The minimum absolute atomic E-state index is 0.00538. The number of ketones is 1. The fourth-order valence-electron chi connectivity index (χ4n) is 3.54. The normalized spacial score (nSPS) is 11.9. The van der Waals surface area contributed by atoms with Crippen molar-refractivity contribution < 1.29 is 14.7 Å². The van der Waals surface area contributed by atoms with E-state index < -0.39 is 11.9 Å². The third-order valence-electron chi connectivity index (χ3n) is 5.14. The van der Waals surface area contributed by atoms with Gasteiger partial charge in [0.1, 0.15) is 10.4 Å². The fraction of sp³-hybridized carbons (Fsp3) is 0.304. The molecule has 166 valence electrons. The van der Waals surface area contributed by atoms with Crippen LogP contribution in [0.1, 0.15) is 31.2 Å². The molecule has 0 bridgehead atoms. The third kappa shape index (κ3) is 5.57. The zero-order valence-electron chi connectivity index (χ0n) is 17.3. The van der Waals surface area contributed by atoms with Gasteiger partial charge in [-0.05, 0) is 47.4 Å². The first-order valence-electron chi connectivity index (χ1n) is 10.2. The summed E-state index contributed by atoms with van der Waals surface area (Å²) in [6.07, 6.45) is 3.54. The molecule has 0 spiro atoms. The van der Waals surface area contributed by atoms with Crippen LogP contribution >= 0.6 is 27.7 Å². The number of hydrogen-bond acceptors (Lipinski definition) is 6. The molecule has 0 saturated heterocycles. The Morgan fingerprint density at radius 1 is 1.22 bits per heavy atom. The molecule has 2 aromatic carbocycles. The number of unbranched alkanes of at least 4 members (excludes halogenated alkanes) is 1. The Balaban J connectivity index is 1.79. The number of nitrogens with two attached hydrogens (primary N) is 1. The number of Topliss-reactive ketones (excluding diaryl/α,β-unsaturated/α-hetero) is 1. The van der Waals surface area contributed by atoms with Crippen LogP contribution in [0.25, 0.3) is 16.5 Å². The number of rotatable bonds is 11. The highest BCUT2D eigenvalue weighted by Crippen LogP contribution is 2.32. The van der Waals surface area contributed by atoms with E-state index in [1.165, 1.54) is 11.8 Å². The van der Waals surface area contributed by atoms with Crippen molar-refractivity contribution >= 4 is 50.2 Å². The highest BCUT2D eigenvalue weighted by atomic mass is 79.9. The number of imidazole rings is 1. The quantitative estimate of drug-likeness (QED) is 0.284. The van der Waals surface area contributed by atoms with Gasteiger partial charge < -0.3 is 10.8 Å². The molecular weight excluding hydrogens is 492 g/mol. The Labute approximate surface area is 198 Å². The van der Waals surface area contributed by atoms with E-state index in [9.17, 15) is 20.0 Å². The summed E-state index contributed by atoms with van der Waals surface area (Å²) in [5.41, 5.74) is 6.89. The number of carboxylic acid groups (broad SMARTS) is 1. The van der Waals surface area contributed by atoms with Crippen molar-refractivity contribution in [3.8, 4) is 11.8 Å². The molecule has 0 amide bonds. The standard InChI is InChI=1S/C23H23BrN4O3S/c24-21-13-27-23(32-14-17(29)11-15(22(30)31)5-3-4-10-25)28(21)20-9-8-16(12-26)18-6-1-2-7-19(18)20/h1-2,6-9,13,15H,3-5,10-11,14,25H2,(H,30,31). The maximum Gasteiger partial charge on any atom is 0.306 e. The molecule has 9 heteroatoms. The summed E-state index contributed by atoms with van der Waals surface area (Å²) in [6, 6.07) is 13.5. The summed E-state index contributed by atoms with van der Waals surface area (Å²) >= 11 is 4.79. The Bertz CT molecular complexity index is 1170.